The average Bonchev–Trinajstić information content (AvgIpc) is 3.10. The molecule has 3 rings (SSSR count). The molecule has 0 aromatic carbocycles. The number of nitrogens with one attached hydrogen (secondary N) is 2. The van der Waals surface area contributed by atoms with Crippen LogP contribution in [0.2, 0.25) is 0 Å². The van der Waals surface area contributed by atoms with Crippen molar-refractivity contribution < 1.29 is 9.59 Å². The van der Waals surface area contributed by atoms with Crippen molar-refractivity contribution in [3.63, 3.8) is 0 Å². The van der Waals surface area contributed by atoms with Crippen LogP contribution in [-0.4, -0.2) is 27.5 Å². The second kappa shape index (κ2) is 6.03. The summed E-state index contributed by atoms with van der Waals surface area (Å²) in [7, 11) is 0. The van der Waals surface area contributed by atoms with Crippen molar-refractivity contribution in [1.29, 1.82) is 0 Å². The first kappa shape index (κ1) is 17.2. The second-order valence-electron chi connectivity index (χ2n) is 7.33. The summed E-state index contributed by atoms with van der Waals surface area (Å²) in [6.07, 6.45) is 5.10. The van der Waals surface area contributed by atoms with Gasteiger partial charge in [0.15, 0.2) is 0 Å². The maximum Gasteiger partial charge on any atom is 0.266 e. The van der Waals surface area contributed by atoms with E-state index in [2.05, 4.69) is 36.6 Å². The number of hydrazine groups is 1. The fourth-order valence-corrected chi connectivity index (χ4v) is 3.54. The van der Waals surface area contributed by atoms with Crippen molar-refractivity contribution in [3.05, 3.63) is 29.6 Å². The molecular formula is C17H24N6O2. The van der Waals surface area contributed by atoms with Gasteiger partial charge in [-0.15, -0.1) is 0 Å². The van der Waals surface area contributed by atoms with Crippen molar-refractivity contribution >= 4 is 23.0 Å². The minimum atomic E-state index is -0.563. The van der Waals surface area contributed by atoms with Gasteiger partial charge in [0.25, 0.3) is 11.8 Å². The zero-order valence-electron chi connectivity index (χ0n) is 14.7. The number of hydrogen-bond donors (Lipinski definition) is 4. The lowest BCUT2D eigenvalue weighted by Gasteiger charge is -2.33. The fraction of sp³-hybridized carbons (Fsp3) is 0.471. The van der Waals surface area contributed by atoms with E-state index in [0.717, 1.165) is 12.8 Å². The molecule has 1 aliphatic carbocycles. The number of fused-ring (bicyclic) bond motifs is 1. The van der Waals surface area contributed by atoms with Crippen LogP contribution in [-0.2, 0) is 0 Å². The quantitative estimate of drug-likeness (QED) is 0.377. The molecule has 2 heterocycles. The summed E-state index contributed by atoms with van der Waals surface area (Å²) >= 11 is 0. The SMILES string of the molecule is C[C@@H]1CC[C@@H](Nc2c(C(N)=O)cnn3cc(C(=O)NN)cc23)C1(C)C. The van der Waals surface area contributed by atoms with E-state index in [9.17, 15) is 9.59 Å². The number of carbonyl (C=O) groups is 2. The Hall–Kier alpha value is -2.61. The van der Waals surface area contributed by atoms with Crippen molar-refractivity contribution in [2.75, 3.05) is 5.32 Å². The first-order valence-electron chi connectivity index (χ1n) is 8.34. The highest BCUT2D eigenvalue weighted by Crippen LogP contribution is 2.44. The van der Waals surface area contributed by atoms with Gasteiger partial charge >= 0.3 is 0 Å². The predicted octanol–water partition coefficient (Wildman–Crippen LogP) is 1.27. The van der Waals surface area contributed by atoms with Crippen LogP contribution in [0, 0.1) is 11.3 Å². The minimum Gasteiger partial charge on any atom is -0.379 e. The number of aromatic nitrogens is 2. The molecule has 2 aromatic heterocycles. The van der Waals surface area contributed by atoms with Gasteiger partial charge in [-0.25, -0.2) is 10.4 Å². The van der Waals surface area contributed by atoms with E-state index >= 15 is 0 Å². The molecule has 8 heteroatoms. The molecule has 25 heavy (non-hydrogen) atoms. The van der Waals surface area contributed by atoms with E-state index in [1.165, 1.54) is 6.20 Å². The number of nitrogens with zero attached hydrogens (tertiary/aromatic N) is 2. The number of anilines is 1. The molecule has 2 amide bonds. The van der Waals surface area contributed by atoms with E-state index in [1.807, 2.05) is 0 Å². The number of carbonyl (C=O) groups excluding carboxylic acids is 2. The zero-order chi connectivity index (χ0) is 18.4. The lowest BCUT2D eigenvalue weighted by atomic mass is 9.80. The molecule has 6 N–H and O–H groups in total. The minimum absolute atomic E-state index is 0.0687. The third-order valence-corrected chi connectivity index (χ3v) is 5.67. The third kappa shape index (κ3) is 2.82. The van der Waals surface area contributed by atoms with Crippen LogP contribution >= 0.6 is 0 Å². The Labute approximate surface area is 145 Å². The summed E-state index contributed by atoms with van der Waals surface area (Å²) in [5, 5.41) is 7.68. The van der Waals surface area contributed by atoms with E-state index in [-0.39, 0.29) is 11.5 Å². The lowest BCUT2D eigenvalue weighted by Crippen LogP contribution is -2.35. The van der Waals surface area contributed by atoms with Crippen molar-refractivity contribution in [2.24, 2.45) is 22.9 Å². The first-order valence-corrected chi connectivity index (χ1v) is 8.34. The number of nitrogen functional groups attached to an aromatic ring is 1. The summed E-state index contributed by atoms with van der Waals surface area (Å²) in [4.78, 5) is 23.7. The van der Waals surface area contributed by atoms with Crippen LogP contribution in [0.25, 0.3) is 5.52 Å². The number of hydrogen-bond acceptors (Lipinski definition) is 5. The van der Waals surface area contributed by atoms with E-state index in [1.54, 1.807) is 16.8 Å². The van der Waals surface area contributed by atoms with Crippen molar-refractivity contribution in [2.45, 2.75) is 39.7 Å². The van der Waals surface area contributed by atoms with Gasteiger partial charge in [-0.2, -0.15) is 5.10 Å². The molecule has 0 saturated heterocycles. The summed E-state index contributed by atoms with van der Waals surface area (Å²) in [5.74, 6) is 4.78. The molecule has 1 aliphatic rings. The van der Waals surface area contributed by atoms with Crippen LogP contribution in [0.5, 0.6) is 0 Å². The summed E-state index contributed by atoms with van der Waals surface area (Å²) in [6, 6.07) is 1.84. The van der Waals surface area contributed by atoms with E-state index in [0.29, 0.717) is 28.2 Å². The van der Waals surface area contributed by atoms with E-state index in [4.69, 9.17) is 11.6 Å². The molecular weight excluding hydrogens is 320 g/mol. The Kier molecular flexibility index (Phi) is 4.16. The Balaban J connectivity index is 2.10. The van der Waals surface area contributed by atoms with Crippen molar-refractivity contribution in [1.82, 2.24) is 15.0 Å². The molecule has 0 aliphatic heterocycles. The van der Waals surface area contributed by atoms with Gasteiger partial charge < -0.3 is 11.1 Å². The molecule has 0 unspecified atom stereocenters. The standard InChI is InChI=1S/C17H24N6O2/c1-9-4-5-13(17(9,2)3)21-14-11(15(18)24)7-20-23-8-10(6-12(14)23)16(25)22-19/h6-9,13,21H,4-5,19H2,1-3H3,(H2,18,24)(H,22,25)/t9-,13-/m1/s1. The molecule has 2 aromatic rings. The van der Waals surface area contributed by atoms with Crippen LogP contribution in [0.15, 0.2) is 18.5 Å². The Morgan fingerprint density at radius 3 is 2.64 bits per heavy atom. The second-order valence-corrected chi connectivity index (χ2v) is 7.33. The van der Waals surface area contributed by atoms with Gasteiger partial charge in [0.2, 0.25) is 0 Å². The van der Waals surface area contributed by atoms with Crippen LogP contribution in [0.3, 0.4) is 0 Å². The van der Waals surface area contributed by atoms with Gasteiger partial charge in [-0.1, -0.05) is 20.8 Å². The fourth-order valence-electron chi connectivity index (χ4n) is 3.54. The Morgan fingerprint density at radius 1 is 1.36 bits per heavy atom. The molecule has 8 nitrogen and oxygen atoms in total. The highest BCUT2D eigenvalue weighted by atomic mass is 16.2. The third-order valence-electron chi connectivity index (χ3n) is 5.67. The smallest absolute Gasteiger partial charge is 0.266 e. The summed E-state index contributed by atoms with van der Waals surface area (Å²) < 4.78 is 1.55. The van der Waals surface area contributed by atoms with Gasteiger partial charge in [-0.05, 0) is 30.2 Å². The summed E-state index contributed by atoms with van der Waals surface area (Å²) in [6.45, 7) is 6.67. The van der Waals surface area contributed by atoms with Gasteiger partial charge in [0.05, 0.1) is 28.5 Å². The molecule has 1 saturated carbocycles. The van der Waals surface area contributed by atoms with Gasteiger partial charge in [0.1, 0.15) is 0 Å². The monoisotopic (exact) mass is 344 g/mol. The highest BCUT2D eigenvalue weighted by Gasteiger charge is 2.41. The largest absolute Gasteiger partial charge is 0.379 e. The van der Waals surface area contributed by atoms with Gasteiger partial charge in [0, 0.05) is 12.2 Å². The highest BCUT2D eigenvalue weighted by molar-refractivity contribution is 6.03. The maximum absolute atomic E-state index is 11.9. The molecule has 1 fully saturated rings. The molecule has 0 bridgehead atoms. The van der Waals surface area contributed by atoms with Crippen LogP contribution < -0.4 is 22.3 Å². The molecule has 134 valence electrons. The number of amides is 2. The molecule has 0 radical (unpaired) electrons. The Bertz CT molecular complexity index is 841. The average molecular weight is 344 g/mol. The Morgan fingerprint density at radius 2 is 2.08 bits per heavy atom. The number of primary amides is 1. The zero-order valence-corrected chi connectivity index (χ0v) is 14.7. The van der Waals surface area contributed by atoms with Crippen LogP contribution in [0.4, 0.5) is 5.69 Å². The topological polar surface area (TPSA) is 128 Å². The maximum atomic E-state index is 11.9. The summed E-state index contributed by atoms with van der Waals surface area (Å²) in [5.41, 5.74) is 9.59. The predicted molar refractivity (Wildman–Crippen MR) is 95.0 cm³/mol. The van der Waals surface area contributed by atoms with Crippen LogP contribution in [0.1, 0.15) is 54.3 Å². The molecule has 2 atom stereocenters. The van der Waals surface area contributed by atoms with E-state index < -0.39 is 11.8 Å². The molecule has 0 spiro atoms. The number of nitrogens with two attached hydrogens (primary N) is 2. The lowest BCUT2D eigenvalue weighted by molar-refractivity contribution is 0.0952. The first-order chi connectivity index (χ1) is 11.8. The van der Waals surface area contributed by atoms with Crippen molar-refractivity contribution in [3.8, 4) is 0 Å². The van der Waals surface area contributed by atoms with Gasteiger partial charge in [-0.3, -0.25) is 15.0 Å². The normalized spacial score (nSPS) is 22.1. The number of rotatable bonds is 4.